The summed E-state index contributed by atoms with van der Waals surface area (Å²) < 4.78 is 0. The molecule has 2 rings (SSSR count). The zero-order chi connectivity index (χ0) is 15.9. The largest absolute Gasteiger partial charge is 0.395 e. The highest BCUT2D eigenvalue weighted by Crippen LogP contribution is 2.12. The number of carbonyl (C=O) groups excluding carboxylic acids is 1. The molecule has 0 saturated carbocycles. The fraction of sp³-hybridized carbons (Fsp3) is 0.500. The highest BCUT2D eigenvalue weighted by Gasteiger charge is 2.25. The van der Waals surface area contributed by atoms with E-state index in [0.717, 1.165) is 26.2 Å². The topological polar surface area (TPSA) is 79.6 Å². The first-order chi connectivity index (χ1) is 10.6. The summed E-state index contributed by atoms with van der Waals surface area (Å²) in [5.41, 5.74) is 1.18. The van der Waals surface area contributed by atoms with Crippen LogP contribution in [0.1, 0.15) is 12.5 Å². The van der Waals surface area contributed by atoms with Crippen LogP contribution in [-0.4, -0.2) is 66.2 Å². The van der Waals surface area contributed by atoms with Gasteiger partial charge in [0.2, 0.25) is 5.91 Å². The molecule has 6 heteroatoms. The van der Waals surface area contributed by atoms with Gasteiger partial charge in [-0.15, -0.1) is 0 Å². The number of rotatable bonds is 5. The summed E-state index contributed by atoms with van der Waals surface area (Å²) >= 11 is 0. The Kier molecular flexibility index (Phi) is 5.90. The van der Waals surface area contributed by atoms with Crippen molar-refractivity contribution in [1.29, 1.82) is 5.26 Å². The number of nitrogens with zero attached hydrogens (tertiary/aromatic N) is 3. The van der Waals surface area contributed by atoms with Crippen molar-refractivity contribution in [3.8, 4) is 6.07 Å². The zero-order valence-electron chi connectivity index (χ0n) is 12.8. The predicted molar refractivity (Wildman–Crippen MR) is 84.3 cm³/mol. The molecule has 1 heterocycles. The minimum atomic E-state index is -0.220. The van der Waals surface area contributed by atoms with E-state index in [0.29, 0.717) is 17.8 Å². The summed E-state index contributed by atoms with van der Waals surface area (Å²) in [5.74, 6) is -0.0642. The molecule has 0 aliphatic carbocycles. The molecular weight excluding hydrogens is 280 g/mol. The molecule has 0 bridgehead atoms. The van der Waals surface area contributed by atoms with Crippen molar-refractivity contribution < 1.29 is 9.90 Å². The van der Waals surface area contributed by atoms with Crippen LogP contribution < -0.4 is 5.32 Å². The number of nitriles is 1. The Bertz CT molecular complexity index is 547. The van der Waals surface area contributed by atoms with Gasteiger partial charge in [0, 0.05) is 38.4 Å². The number of hydrogen-bond donors (Lipinski definition) is 2. The molecule has 1 aliphatic heterocycles. The summed E-state index contributed by atoms with van der Waals surface area (Å²) in [6.07, 6.45) is 0. The number of hydrogen-bond acceptors (Lipinski definition) is 5. The zero-order valence-corrected chi connectivity index (χ0v) is 12.8. The van der Waals surface area contributed by atoms with Crippen molar-refractivity contribution in [2.45, 2.75) is 13.0 Å². The molecule has 1 aliphatic rings. The number of aliphatic hydroxyl groups excluding tert-OH is 1. The fourth-order valence-corrected chi connectivity index (χ4v) is 2.59. The van der Waals surface area contributed by atoms with Crippen LogP contribution in [0, 0.1) is 11.3 Å². The summed E-state index contributed by atoms with van der Waals surface area (Å²) in [6, 6.07) is 8.76. The van der Waals surface area contributed by atoms with Crippen LogP contribution in [0.15, 0.2) is 24.3 Å². The maximum Gasteiger partial charge on any atom is 0.241 e. The summed E-state index contributed by atoms with van der Waals surface area (Å²) in [5, 5.41) is 20.7. The first-order valence-electron chi connectivity index (χ1n) is 7.52. The van der Waals surface area contributed by atoms with Crippen molar-refractivity contribution in [3.05, 3.63) is 29.8 Å². The quantitative estimate of drug-likeness (QED) is 0.828. The number of β-amino-alcohol motifs (C(OH)–C–C–N with tert-alkyl or cyclic N) is 1. The van der Waals surface area contributed by atoms with Crippen molar-refractivity contribution in [1.82, 2.24) is 9.80 Å². The number of carbonyl (C=O) groups is 1. The number of benzene rings is 1. The number of anilines is 1. The monoisotopic (exact) mass is 302 g/mol. The lowest BCUT2D eigenvalue weighted by Gasteiger charge is -2.37. The SMILES string of the molecule is CC(C(=O)Nc1cccc(C#N)c1)N1CCN(CCO)CC1. The van der Waals surface area contributed by atoms with Gasteiger partial charge in [0.1, 0.15) is 0 Å². The molecule has 1 atom stereocenters. The second kappa shape index (κ2) is 7.90. The molecule has 1 unspecified atom stereocenters. The van der Waals surface area contributed by atoms with Gasteiger partial charge in [0.15, 0.2) is 0 Å². The van der Waals surface area contributed by atoms with Crippen LogP contribution in [-0.2, 0) is 4.79 Å². The van der Waals surface area contributed by atoms with Crippen LogP contribution in [0.5, 0.6) is 0 Å². The number of aliphatic hydroxyl groups is 1. The Morgan fingerprint density at radius 2 is 2.14 bits per heavy atom. The molecule has 6 nitrogen and oxygen atoms in total. The van der Waals surface area contributed by atoms with Gasteiger partial charge in [-0.3, -0.25) is 14.6 Å². The summed E-state index contributed by atoms with van der Waals surface area (Å²) in [7, 11) is 0. The molecule has 1 saturated heterocycles. The van der Waals surface area contributed by atoms with Gasteiger partial charge in [-0.05, 0) is 25.1 Å². The van der Waals surface area contributed by atoms with Crippen molar-refractivity contribution in [2.24, 2.45) is 0 Å². The van der Waals surface area contributed by atoms with E-state index in [1.807, 2.05) is 6.92 Å². The van der Waals surface area contributed by atoms with Crippen LogP contribution in [0.2, 0.25) is 0 Å². The molecule has 1 fully saturated rings. The second-order valence-electron chi connectivity index (χ2n) is 5.46. The Morgan fingerprint density at radius 1 is 1.41 bits per heavy atom. The fourth-order valence-electron chi connectivity index (χ4n) is 2.59. The first kappa shape index (κ1) is 16.4. The van der Waals surface area contributed by atoms with E-state index in [9.17, 15) is 4.79 Å². The lowest BCUT2D eigenvalue weighted by Crippen LogP contribution is -2.53. The van der Waals surface area contributed by atoms with Gasteiger partial charge in [-0.1, -0.05) is 6.07 Å². The van der Waals surface area contributed by atoms with E-state index in [-0.39, 0.29) is 18.6 Å². The van der Waals surface area contributed by atoms with Crippen molar-refractivity contribution >= 4 is 11.6 Å². The molecule has 0 spiro atoms. The lowest BCUT2D eigenvalue weighted by atomic mass is 10.2. The Hall–Kier alpha value is -1.94. The van der Waals surface area contributed by atoms with Gasteiger partial charge in [-0.2, -0.15) is 5.26 Å². The van der Waals surface area contributed by atoms with E-state index >= 15 is 0 Å². The minimum Gasteiger partial charge on any atom is -0.395 e. The van der Waals surface area contributed by atoms with E-state index in [1.165, 1.54) is 0 Å². The van der Waals surface area contributed by atoms with Gasteiger partial charge in [-0.25, -0.2) is 0 Å². The number of piperazine rings is 1. The van der Waals surface area contributed by atoms with Crippen LogP contribution in [0.3, 0.4) is 0 Å². The molecule has 22 heavy (non-hydrogen) atoms. The molecule has 1 amide bonds. The second-order valence-corrected chi connectivity index (χ2v) is 5.46. The Morgan fingerprint density at radius 3 is 2.77 bits per heavy atom. The van der Waals surface area contributed by atoms with Gasteiger partial charge < -0.3 is 10.4 Å². The third-order valence-electron chi connectivity index (χ3n) is 4.01. The van der Waals surface area contributed by atoms with Gasteiger partial charge in [0.05, 0.1) is 24.3 Å². The number of nitrogens with one attached hydrogen (secondary N) is 1. The molecule has 118 valence electrons. The summed E-state index contributed by atoms with van der Waals surface area (Å²) in [4.78, 5) is 16.7. The molecule has 1 aromatic rings. The van der Waals surface area contributed by atoms with E-state index in [4.69, 9.17) is 10.4 Å². The average Bonchev–Trinajstić information content (AvgIpc) is 2.55. The molecule has 0 aromatic heterocycles. The third-order valence-corrected chi connectivity index (χ3v) is 4.01. The standard InChI is InChI=1S/C16H22N4O2/c1-13(20-7-5-19(6-8-20)9-10-21)16(22)18-15-4-2-3-14(11-15)12-17/h2-4,11,13,21H,5-10H2,1H3,(H,18,22). The van der Waals surface area contributed by atoms with E-state index in [1.54, 1.807) is 24.3 Å². The van der Waals surface area contributed by atoms with Crippen LogP contribution in [0.4, 0.5) is 5.69 Å². The highest BCUT2D eigenvalue weighted by atomic mass is 16.3. The maximum absolute atomic E-state index is 12.3. The lowest BCUT2D eigenvalue weighted by molar-refractivity contribution is -0.121. The molecule has 1 aromatic carbocycles. The smallest absolute Gasteiger partial charge is 0.241 e. The number of amides is 1. The van der Waals surface area contributed by atoms with Gasteiger partial charge >= 0.3 is 0 Å². The molecule has 0 radical (unpaired) electrons. The highest BCUT2D eigenvalue weighted by molar-refractivity contribution is 5.94. The average molecular weight is 302 g/mol. The minimum absolute atomic E-state index is 0.0642. The van der Waals surface area contributed by atoms with E-state index in [2.05, 4.69) is 21.2 Å². The molecule has 2 N–H and O–H groups in total. The summed E-state index contributed by atoms with van der Waals surface area (Å²) in [6.45, 7) is 6.11. The predicted octanol–water partition coefficient (Wildman–Crippen LogP) is 0.495. The van der Waals surface area contributed by atoms with Crippen molar-refractivity contribution in [2.75, 3.05) is 44.6 Å². The maximum atomic E-state index is 12.3. The van der Waals surface area contributed by atoms with Gasteiger partial charge in [0.25, 0.3) is 0 Å². The molecular formula is C16H22N4O2. The van der Waals surface area contributed by atoms with Crippen LogP contribution >= 0.6 is 0 Å². The van der Waals surface area contributed by atoms with E-state index < -0.39 is 0 Å². The van der Waals surface area contributed by atoms with Crippen LogP contribution in [0.25, 0.3) is 0 Å². The third kappa shape index (κ3) is 4.28. The van der Waals surface area contributed by atoms with Crippen molar-refractivity contribution in [3.63, 3.8) is 0 Å². The Labute approximate surface area is 130 Å². The Balaban J connectivity index is 1.88. The normalized spacial score (nSPS) is 17.7. The first-order valence-corrected chi connectivity index (χ1v) is 7.52.